The van der Waals surface area contributed by atoms with Crippen molar-refractivity contribution in [1.82, 2.24) is 4.90 Å². The predicted molar refractivity (Wildman–Crippen MR) is 131 cm³/mol. The molecule has 5 heteroatoms. The SMILES string of the molecule is CC[C@@H](C)N1C(=O)/C(=C\c2c(OC)ccc3ccccc23)SC1=Nc1ccc(C)cc1. The number of amides is 1. The smallest absolute Gasteiger partial charge is 0.267 e. The standard InChI is InChI=1S/C26H26N2O2S/c1-5-18(3)28-25(29)24(31-26(28)27-20-13-10-17(2)11-14-20)16-22-21-9-7-6-8-19(21)12-15-23(22)30-4/h6-16,18H,5H2,1-4H3/b24-16+,27-26?/t18-/m1/s1. The number of carbonyl (C=O) groups excluding carboxylic acids is 1. The number of ether oxygens (including phenoxy) is 1. The molecule has 0 spiro atoms. The number of carbonyl (C=O) groups is 1. The van der Waals surface area contributed by atoms with Gasteiger partial charge in [-0.3, -0.25) is 9.69 Å². The lowest BCUT2D eigenvalue weighted by Gasteiger charge is -2.22. The summed E-state index contributed by atoms with van der Waals surface area (Å²) in [6.45, 7) is 6.20. The predicted octanol–water partition coefficient (Wildman–Crippen LogP) is 6.56. The average Bonchev–Trinajstić information content (AvgIpc) is 3.09. The molecule has 0 saturated carbocycles. The molecule has 1 fully saturated rings. The van der Waals surface area contributed by atoms with Gasteiger partial charge in [0.1, 0.15) is 5.75 Å². The number of nitrogens with zero attached hydrogens (tertiary/aromatic N) is 2. The Morgan fingerprint density at radius 1 is 1.10 bits per heavy atom. The molecule has 0 N–H and O–H groups in total. The number of hydrogen-bond acceptors (Lipinski definition) is 4. The summed E-state index contributed by atoms with van der Waals surface area (Å²) in [7, 11) is 1.66. The van der Waals surface area contributed by atoms with Gasteiger partial charge in [0.15, 0.2) is 5.17 Å². The molecule has 1 saturated heterocycles. The molecule has 1 heterocycles. The number of benzene rings is 3. The molecule has 0 aliphatic carbocycles. The molecular weight excluding hydrogens is 404 g/mol. The molecule has 0 radical (unpaired) electrons. The molecule has 1 aliphatic rings. The first-order valence-corrected chi connectivity index (χ1v) is 11.3. The van der Waals surface area contributed by atoms with Crippen LogP contribution in [0.3, 0.4) is 0 Å². The van der Waals surface area contributed by atoms with Gasteiger partial charge >= 0.3 is 0 Å². The summed E-state index contributed by atoms with van der Waals surface area (Å²) >= 11 is 1.42. The van der Waals surface area contributed by atoms with Crippen molar-refractivity contribution in [2.45, 2.75) is 33.2 Å². The van der Waals surface area contributed by atoms with Crippen molar-refractivity contribution in [3.8, 4) is 5.75 Å². The lowest BCUT2D eigenvalue weighted by atomic mass is 10.0. The van der Waals surface area contributed by atoms with Gasteiger partial charge in [-0.2, -0.15) is 0 Å². The lowest BCUT2D eigenvalue weighted by Crippen LogP contribution is -2.36. The number of thioether (sulfide) groups is 1. The summed E-state index contributed by atoms with van der Waals surface area (Å²) in [5.41, 5.74) is 2.94. The summed E-state index contributed by atoms with van der Waals surface area (Å²) in [5.74, 6) is 0.735. The van der Waals surface area contributed by atoms with Crippen molar-refractivity contribution in [1.29, 1.82) is 0 Å². The second-order valence-electron chi connectivity index (χ2n) is 7.68. The molecule has 4 nitrogen and oxygen atoms in total. The van der Waals surface area contributed by atoms with Crippen molar-refractivity contribution in [3.05, 3.63) is 76.7 Å². The van der Waals surface area contributed by atoms with E-state index < -0.39 is 0 Å². The van der Waals surface area contributed by atoms with Crippen LogP contribution in [0.1, 0.15) is 31.4 Å². The molecule has 1 atom stereocenters. The van der Waals surface area contributed by atoms with E-state index >= 15 is 0 Å². The third-order valence-corrected chi connectivity index (χ3v) is 6.54. The summed E-state index contributed by atoms with van der Waals surface area (Å²) in [6, 6.07) is 20.2. The van der Waals surface area contributed by atoms with Crippen molar-refractivity contribution in [3.63, 3.8) is 0 Å². The first-order chi connectivity index (χ1) is 15.0. The highest BCUT2D eigenvalue weighted by Crippen LogP contribution is 2.39. The maximum Gasteiger partial charge on any atom is 0.267 e. The third-order valence-electron chi connectivity index (χ3n) is 5.55. The Hall–Kier alpha value is -3.05. The zero-order valence-corrected chi connectivity index (χ0v) is 19.1. The Kier molecular flexibility index (Phi) is 6.14. The highest BCUT2D eigenvalue weighted by molar-refractivity contribution is 8.18. The third kappa shape index (κ3) is 4.23. The van der Waals surface area contributed by atoms with Crippen molar-refractivity contribution in [2.75, 3.05) is 7.11 Å². The van der Waals surface area contributed by atoms with Gasteiger partial charge in [0, 0.05) is 11.6 Å². The fourth-order valence-corrected chi connectivity index (χ4v) is 4.67. The first kappa shape index (κ1) is 21.2. The van der Waals surface area contributed by atoms with E-state index in [4.69, 9.17) is 9.73 Å². The van der Waals surface area contributed by atoms with Gasteiger partial charge in [0.05, 0.1) is 17.7 Å². The zero-order valence-electron chi connectivity index (χ0n) is 18.3. The van der Waals surface area contributed by atoms with Crippen LogP contribution in [0.2, 0.25) is 0 Å². The fourth-order valence-electron chi connectivity index (χ4n) is 3.60. The van der Waals surface area contributed by atoms with Crippen molar-refractivity contribution in [2.24, 2.45) is 4.99 Å². The van der Waals surface area contributed by atoms with E-state index in [2.05, 4.69) is 32.9 Å². The van der Waals surface area contributed by atoms with E-state index in [1.807, 2.05) is 59.5 Å². The highest BCUT2D eigenvalue weighted by Gasteiger charge is 2.36. The Morgan fingerprint density at radius 3 is 2.55 bits per heavy atom. The van der Waals surface area contributed by atoms with Crippen LogP contribution in [0, 0.1) is 6.92 Å². The topological polar surface area (TPSA) is 41.9 Å². The second-order valence-corrected chi connectivity index (χ2v) is 8.68. The second kappa shape index (κ2) is 8.98. The molecule has 158 valence electrons. The minimum absolute atomic E-state index is 0.0137. The number of rotatable bonds is 5. The van der Waals surface area contributed by atoms with E-state index in [1.165, 1.54) is 17.3 Å². The van der Waals surface area contributed by atoms with Gasteiger partial charge in [-0.05, 0) is 67.1 Å². The normalized spacial score (nSPS) is 17.7. The Morgan fingerprint density at radius 2 is 1.84 bits per heavy atom. The van der Waals surface area contributed by atoms with Crippen LogP contribution in [0.5, 0.6) is 5.75 Å². The van der Waals surface area contributed by atoms with Crippen molar-refractivity contribution < 1.29 is 9.53 Å². The van der Waals surface area contributed by atoms with E-state index in [0.29, 0.717) is 10.1 Å². The molecular formula is C26H26N2O2S. The highest BCUT2D eigenvalue weighted by atomic mass is 32.2. The number of amidine groups is 1. The minimum Gasteiger partial charge on any atom is -0.496 e. The summed E-state index contributed by atoms with van der Waals surface area (Å²) < 4.78 is 5.62. The largest absolute Gasteiger partial charge is 0.496 e. The molecule has 3 aromatic rings. The summed E-state index contributed by atoms with van der Waals surface area (Å²) in [6.07, 6.45) is 2.80. The van der Waals surface area contributed by atoms with Gasteiger partial charge < -0.3 is 4.74 Å². The van der Waals surface area contributed by atoms with Crippen LogP contribution >= 0.6 is 11.8 Å². The van der Waals surface area contributed by atoms with Crippen molar-refractivity contribution >= 4 is 45.4 Å². The van der Waals surface area contributed by atoms with Gasteiger partial charge in [-0.15, -0.1) is 0 Å². The Balaban J connectivity index is 1.81. The minimum atomic E-state index is -0.0137. The van der Waals surface area contributed by atoms with E-state index in [1.54, 1.807) is 7.11 Å². The van der Waals surface area contributed by atoms with Crippen LogP contribution < -0.4 is 4.74 Å². The molecule has 0 bridgehead atoms. The van der Waals surface area contributed by atoms with Gasteiger partial charge in [-0.1, -0.05) is 55.0 Å². The first-order valence-electron chi connectivity index (χ1n) is 10.5. The summed E-state index contributed by atoms with van der Waals surface area (Å²) in [5, 5.41) is 2.88. The number of fused-ring (bicyclic) bond motifs is 1. The molecule has 1 amide bonds. The average molecular weight is 431 g/mol. The molecule has 31 heavy (non-hydrogen) atoms. The molecule has 0 unspecified atom stereocenters. The van der Waals surface area contributed by atoms with Crippen LogP contribution in [-0.2, 0) is 4.79 Å². The lowest BCUT2D eigenvalue weighted by molar-refractivity contribution is -0.123. The van der Waals surface area contributed by atoms with E-state index in [0.717, 1.165) is 34.2 Å². The van der Waals surface area contributed by atoms with Crippen LogP contribution in [0.25, 0.3) is 16.8 Å². The van der Waals surface area contributed by atoms with Crippen LogP contribution in [0.4, 0.5) is 5.69 Å². The fraction of sp³-hybridized carbons (Fsp3) is 0.231. The maximum atomic E-state index is 13.4. The number of hydrogen-bond donors (Lipinski definition) is 0. The van der Waals surface area contributed by atoms with E-state index in [9.17, 15) is 4.79 Å². The van der Waals surface area contributed by atoms with Crippen LogP contribution in [-0.4, -0.2) is 29.1 Å². The number of aryl methyl sites for hydroxylation is 1. The molecule has 4 rings (SSSR count). The van der Waals surface area contributed by atoms with E-state index in [-0.39, 0.29) is 11.9 Å². The molecule has 3 aromatic carbocycles. The monoisotopic (exact) mass is 430 g/mol. The molecule has 0 aromatic heterocycles. The zero-order chi connectivity index (χ0) is 22.0. The van der Waals surface area contributed by atoms with Gasteiger partial charge in [-0.25, -0.2) is 4.99 Å². The number of methoxy groups -OCH3 is 1. The Labute approximate surface area is 187 Å². The number of aliphatic imine (C=N–C) groups is 1. The summed E-state index contributed by atoms with van der Waals surface area (Å²) in [4.78, 5) is 20.7. The maximum absolute atomic E-state index is 13.4. The Bertz CT molecular complexity index is 1180. The van der Waals surface area contributed by atoms with Gasteiger partial charge in [0.25, 0.3) is 5.91 Å². The quantitative estimate of drug-likeness (QED) is 0.431. The van der Waals surface area contributed by atoms with Gasteiger partial charge in [0.2, 0.25) is 0 Å². The molecule has 1 aliphatic heterocycles. The van der Waals surface area contributed by atoms with Crippen LogP contribution in [0.15, 0.2) is 70.6 Å².